The Morgan fingerprint density at radius 1 is 1.33 bits per heavy atom. The Bertz CT molecular complexity index is 278. The highest BCUT2D eigenvalue weighted by atomic mass is 16.4. The van der Waals surface area contributed by atoms with Gasteiger partial charge in [0.15, 0.2) is 0 Å². The van der Waals surface area contributed by atoms with E-state index in [-0.39, 0.29) is 5.78 Å². The number of aliphatic hydroxyl groups excluding tert-OH is 1. The highest BCUT2D eigenvalue weighted by Gasteiger charge is 2.17. The van der Waals surface area contributed by atoms with E-state index in [4.69, 9.17) is 5.11 Å². The summed E-state index contributed by atoms with van der Waals surface area (Å²) in [4.78, 5) is 21.0. The van der Waals surface area contributed by atoms with E-state index in [0.717, 1.165) is 0 Å². The van der Waals surface area contributed by atoms with Crippen molar-refractivity contribution in [3.05, 3.63) is 24.3 Å². The Morgan fingerprint density at radius 3 is 2.40 bits per heavy atom. The zero-order chi connectivity index (χ0) is 11.8. The molecular weight excluding hydrogens is 196 g/mol. The van der Waals surface area contributed by atoms with Crippen molar-refractivity contribution in [1.82, 2.24) is 0 Å². The summed E-state index contributed by atoms with van der Waals surface area (Å²) < 4.78 is 0. The molecule has 2 atom stereocenters. The minimum Gasteiger partial charge on any atom is -0.481 e. The van der Waals surface area contributed by atoms with Gasteiger partial charge in [0.05, 0.1) is 12.0 Å². The largest absolute Gasteiger partial charge is 0.481 e. The molecule has 0 aliphatic heterocycles. The first kappa shape index (κ1) is 13.6. The number of allylic oxidation sites excluding steroid dienone is 3. The van der Waals surface area contributed by atoms with E-state index < -0.39 is 18.0 Å². The van der Waals surface area contributed by atoms with Gasteiger partial charge in [0, 0.05) is 6.42 Å². The number of carbonyl (C=O) groups excluding carboxylic acids is 1. The quantitative estimate of drug-likeness (QED) is 0.648. The maximum absolute atomic E-state index is 10.5. The van der Waals surface area contributed by atoms with Gasteiger partial charge in [-0.15, -0.1) is 0 Å². The summed E-state index contributed by atoms with van der Waals surface area (Å²) in [6, 6.07) is 0. The van der Waals surface area contributed by atoms with Crippen LogP contribution in [0, 0.1) is 5.92 Å². The molecule has 0 heterocycles. The fourth-order valence-corrected chi connectivity index (χ4v) is 0.803. The zero-order valence-electron chi connectivity index (χ0n) is 8.88. The summed E-state index contributed by atoms with van der Waals surface area (Å²) in [5.41, 5.74) is 0. The Hall–Kier alpha value is -1.42. The second kappa shape index (κ2) is 6.95. The number of hydrogen-bond donors (Lipinski definition) is 2. The van der Waals surface area contributed by atoms with Crippen molar-refractivity contribution >= 4 is 11.8 Å². The average molecular weight is 212 g/mol. The third kappa shape index (κ3) is 6.62. The molecule has 84 valence electrons. The summed E-state index contributed by atoms with van der Waals surface area (Å²) in [5.74, 6) is -1.82. The molecule has 0 aromatic carbocycles. The van der Waals surface area contributed by atoms with Gasteiger partial charge in [0.25, 0.3) is 0 Å². The van der Waals surface area contributed by atoms with Crippen LogP contribution in [0.15, 0.2) is 24.3 Å². The Balaban J connectivity index is 4.01. The fraction of sp³-hybridized carbons (Fsp3) is 0.455. The maximum Gasteiger partial charge on any atom is 0.309 e. The van der Waals surface area contributed by atoms with Crippen LogP contribution in [0.5, 0.6) is 0 Å². The predicted molar refractivity (Wildman–Crippen MR) is 56.4 cm³/mol. The summed E-state index contributed by atoms with van der Waals surface area (Å²) in [6.07, 6.45) is 5.51. The number of aliphatic carboxylic acids is 1. The third-order valence-corrected chi connectivity index (χ3v) is 1.86. The molecule has 15 heavy (non-hydrogen) atoms. The molecule has 0 amide bonds. The van der Waals surface area contributed by atoms with E-state index in [9.17, 15) is 14.7 Å². The Morgan fingerprint density at radius 2 is 1.93 bits per heavy atom. The van der Waals surface area contributed by atoms with Gasteiger partial charge < -0.3 is 10.2 Å². The lowest BCUT2D eigenvalue weighted by Gasteiger charge is -2.09. The van der Waals surface area contributed by atoms with Gasteiger partial charge in [0.2, 0.25) is 0 Å². The molecule has 0 saturated heterocycles. The van der Waals surface area contributed by atoms with Crippen molar-refractivity contribution < 1.29 is 19.8 Å². The number of aliphatic hydroxyl groups is 1. The number of carboxylic acids is 1. The van der Waals surface area contributed by atoms with E-state index >= 15 is 0 Å². The molecule has 2 unspecified atom stereocenters. The molecule has 0 fully saturated rings. The predicted octanol–water partition coefficient (Wildman–Crippen LogP) is 1.16. The van der Waals surface area contributed by atoms with Gasteiger partial charge in [-0.3, -0.25) is 9.59 Å². The molecule has 0 bridgehead atoms. The fourth-order valence-electron chi connectivity index (χ4n) is 0.803. The van der Waals surface area contributed by atoms with E-state index in [0.29, 0.717) is 6.42 Å². The lowest BCUT2D eigenvalue weighted by atomic mass is 10.1. The monoisotopic (exact) mass is 212 g/mol. The molecule has 0 radical (unpaired) electrons. The summed E-state index contributed by atoms with van der Waals surface area (Å²) in [6.45, 7) is 2.91. The molecule has 0 aliphatic carbocycles. The van der Waals surface area contributed by atoms with E-state index in [1.807, 2.05) is 0 Å². The van der Waals surface area contributed by atoms with Crippen molar-refractivity contribution in [2.24, 2.45) is 5.92 Å². The topological polar surface area (TPSA) is 74.6 Å². The number of ketones is 1. The SMILES string of the molecule is CC(=O)C/C=C/C=C/C(O)C(C)C(=O)O. The molecular formula is C11H16O4. The molecule has 4 nitrogen and oxygen atoms in total. The van der Waals surface area contributed by atoms with Crippen molar-refractivity contribution in [2.45, 2.75) is 26.4 Å². The molecule has 4 heteroatoms. The van der Waals surface area contributed by atoms with Crippen LogP contribution in [0.4, 0.5) is 0 Å². The number of hydrogen-bond acceptors (Lipinski definition) is 3. The van der Waals surface area contributed by atoms with Crippen LogP contribution < -0.4 is 0 Å². The first-order valence-electron chi connectivity index (χ1n) is 4.68. The van der Waals surface area contributed by atoms with Gasteiger partial charge in [-0.1, -0.05) is 24.3 Å². The highest BCUT2D eigenvalue weighted by molar-refractivity contribution is 5.77. The Labute approximate surface area is 88.9 Å². The summed E-state index contributed by atoms with van der Waals surface area (Å²) in [7, 11) is 0. The maximum atomic E-state index is 10.5. The Kier molecular flexibility index (Phi) is 6.29. The van der Waals surface area contributed by atoms with Crippen LogP contribution in [-0.2, 0) is 9.59 Å². The van der Waals surface area contributed by atoms with Gasteiger partial charge in [0.1, 0.15) is 5.78 Å². The van der Waals surface area contributed by atoms with E-state index in [1.165, 1.54) is 26.0 Å². The molecule has 0 saturated carbocycles. The standard InChI is InChI=1S/C11H16O4/c1-8(12)6-4-3-5-7-10(13)9(2)11(14)15/h3-5,7,9-10,13H,6H2,1-2H3,(H,14,15)/b4-3+,7-5+. The average Bonchev–Trinajstić information content (AvgIpc) is 2.15. The molecule has 0 aromatic heterocycles. The molecule has 2 N–H and O–H groups in total. The molecule has 0 aromatic rings. The normalized spacial score (nSPS) is 15.7. The summed E-state index contributed by atoms with van der Waals surface area (Å²) in [5, 5.41) is 17.9. The number of Topliss-reactive ketones (excluding diaryl/α,β-unsaturated/α-hetero) is 1. The molecule has 0 aliphatic rings. The molecule has 0 rings (SSSR count). The zero-order valence-corrected chi connectivity index (χ0v) is 8.88. The number of carboxylic acid groups (broad SMARTS) is 1. The van der Waals surface area contributed by atoms with Crippen LogP contribution in [0.3, 0.4) is 0 Å². The van der Waals surface area contributed by atoms with Crippen LogP contribution in [0.25, 0.3) is 0 Å². The second-order valence-electron chi connectivity index (χ2n) is 3.34. The van der Waals surface area contributed by atoms with E-state index in [2.05, 4.69) is 0 Å². The van der Waals surface area contributed by atoms with Crippen molar-refractivity contribution in [3.63, 3.8) is 0 Å². The van der Waals surface area contributed by atoms with Crippen LogP contribution in [0.2, 0.25) is 0 Å². The lowest BCUT2D eigenvalue weighted by molar-refractivity contribution is -0.143. The molecule has 0 spiro atoms. The first-order chi connectivity index (χ1) is 6.95. The highest BCUT2D eigenvalue weighted by Crippen LogP contribution is 2.04. The van der Waals surface area contributed by atoms with E-state index in [1.54, 1.807) is 12.2 Å². The van der Waals surface area contributed by atoms with Crippen molar-refractivity contribution in [2.75, 3.05) is 0 Å². The van der Waals surface area contributed by atoms with Gasteiger partial charge in [-0.2, -0.15) is 0 Å². The number of carbonyl (C=O) groups is 2. The minimum absolute atomic E-state index is 0.0547. The van der Waals surface area contributed by atoms with Crippen molar-refractivity contribution in [3.8, 4) is 0 Å². The second-order valence-corrected chi connectivity index (χ2v) is 3.34. The van der Waals surface area contributed by atoms with Gasteiger partial charge in [-0.25, -0.2) is 0 Å². The van der Waals surface area contributed by atoms with Crippen LogP contribution >= 0.6 is 0 Å². The smallest absolute Gasteiger partial charge is 0.309 e. The van der Waals surface area contributed by atoms with Gasteiger partial charge >= 0.3 is 5.97 Å². The first-order valence-corrected chi connectivity index (χ1v) is 4.68. The minimum atomic E-state index is -1.04. The number of rotatable bonds is 6. The van der Waals surface area contributed by atoms with Crippen LogP contribution in [-0.4, -0.2) is 28.1 Å². The third-order valence-electron chi connectivity index (χ3n) is 1.86. The van der Waals surface area contributed by atoms with Crippen LogP contribution in [0.1, 0.15) is 20.3 Å². The lowest BCUT2D eigenvalue weighted by Crippen LogP contribution is -2.23. The van der Waals surface area contributed by atoms with Gasteiger partial charge in [-0.05, 0) is 13.8 Å². The van der Waals surface area contributed by atoms with Crippen molar-refractivity contribution in [1.29, 1.82) is 0 Å². The summed E-state index contributed by atoms with van der Waals surface area (Å²) >= 11 is 0.